The Morgan fingerprint density at radius 3 is 2.55 bits per heavy atom. The highest BCUT2D eigenvalue weighted by atomic mass is 16.5. The first-order valence-electron chi connectivity index (χ1n) is 6.49. The second kappa shape index (κ2) is 7.95. The van der Waals surface area contributed by atoms with Gasteiger partial charge in [0.2, 0.25) is 0 Å². The van der Waals surface area contributed by atoms with Crippen molar-refractivity contribution in [3.8, 4) is 6.07 Å². The van der Waals surface area contributed by atoms with Crippen LogP contribution in [0.15, 0.2) is 30.3 Å². The van der Waals surface area contributed by atoms with Crippen molar-refractivity contribution in [1.29, 1.82) is 5.26 Å². The molecule has 2 atom stereocenters. The van der Waals surface area contributed by atoms with Crippen LogP contribution in [0.25, 0.3) is 0 Å². The Morgan fingerprint density at radius 2 is 2.00 bits per heavy atom. The summed E-state index contributed by atoms with van der Waals surface area (Å²) in [5.74, 6) is -0.983. The van der Waals surface area contributed by atoms with Gasteiger partial charge in [-0.3, -0.25) is 4.79 Å². The Hall–Kier alpha value is -2.35. The molecule has 0 aliphatic carbocycles. The first-order valence-corrected chi connectivity index (χ1v) is 6.49. The van der Waals surface area contributed by atoms with Crippen molar-refractivity contribution >= 4 is 11.9 Å². The maximum Gasteiger partial charge on any atom is 0.329 e. The van der Waals surface area contributed by atoms with Crippen molar-refractivity contribution in [3.63, 3.8) is 0 Å². The number of rotatable bonds is 6. The van der Waals surface area contributed by atoms with Gasteiger partial charge in [-0.25, -0.2) is 4.79 Å². The van der Waals surface area contributed by atoms with Crippen LogP contribution in [0.3, 0.4) is 0 Å². The van der Waals surface area contributed by atoms with E-state index in [4.69, 9.17) is 10.00 Å². The van der Waals surface area contributed by atoms with E-state index in [0.29, 0.717) is 12.0 Å². The van der Waals surface area contributed by atoms with Gasteiger partial charge in [-0.05, 0) is 18.1 Å². The van der Waals surface area contributed by atoms with E-state index < -0.39 is 12.0 Å². The lowest BCUT2D eigenvalue weighted by molar-refractivity contribution is -0.145. The summed E-state index contributed by atoms with van der Waals surface area (Å²) in [4.78, 5) is 24.0. The standard InChI is InChI=1S/C15H18N2O3/c1-3-11(2)13(15(19)20-10-9-16)17-14(18)12-7-5-4-6-8-12/h4-8,11,13H,3,10H2,1-2H3,(H,17,18)/t11-,13-/m0/s1. The molecule has 0 aliphatic rings. The van der Waals surface area contributed by atoms with E-state index in [2.05, 4.69) is 5.32 Å². The monoisotopic (exact) mass is 274 g/mol. The zero-order valence-electron chi connectivity index (χ0n) is 11.6. The molecule has 106 valence electrons. The van der Waals surface area contributed by atoms with Crippen LogP contribution < -0.4 is 5.32 Å². The van der Waals surface area contributed by atoms with Gasteiger partial charge in [0.25, 0.3) is 5.91 Å². The molecule has 1 aromatic rings. The van der Waals surface area contributed by atoms with Crippen LogP contribution in [0.1, 0.15) is 30.6 Å². The molecule has 0 saturated heterocycles. The molecule has 0 unspecified atom stereocenters. The Morgan fingerprint density at radius 1 is 1.35 bits per heavy atom. The topological polar surface area (TPSA) is 79.2 Å². The largest absolute Gasteiger partial charge is 0.449 e. The molecule has 5 heteroatoms. The molecular formula is C15H18N2O3. The fraction of sp³-hybridized carbons (Fsp3) is 0.400. The maximum atomic E-state index is 12.1. The zero-order valence-corrected chi connectivity index (χ0v) is 11.6. The van der Waals surface area contributed by atoms with Gasteiger partial charge in [0.15, 0.2) is 6.61 Å². The van der Waals surface area contributed by atoms with E-state index in [9.17, 15) is 9.59 Å². The smallest absolute Gasteiger partial charge is 0.329 e. The number of hydrogen-bond donors (Lipinski definition) is 1. The summed E-state index contributed by atoms with van der Waals surface area (Å²) in [5, 5.41) is 11.1. The number of nitrogens with one attached hydrogen (secondary N) is 1. The third-order valence-corrected chi connectivity index (χ3v) is 3.07. The molecule has 1 amide bonds. The highest BCUT2D eigenvalue weighted by Crippen LogP contribution is 2.11. The number of benzene rings is 1. The number of carbonyl (C=O) groups excluding carboxylic acids is 2. The molecule has 0 heterocycles. The van der Waals surface area contributed by atoms with Crippen molar-refractivity contribution in [1.82, 2.24) is 5.32 Å². The number of ether oxygens (including phenoxy) is 1. The van der Waals surface area contributed by atoms with Gasteiger partial charge in [0.05, 0.1) is 0 Å². The fourth-order valence-corrected chi connectivity index (χ4v) is 1.68. The van der Waals surface area contributed by atoms with Crippen LogP contribution in [0, 0.1) is 17.2 Å². The number of esters is 1. The number of carbonyl (C=O) groups is 2. The predicted octanol–water partition coefficient (Wildman–Crippen LogP) is 1.90. The third kappa shape index (κ3) is 4.39. The molecule has 1 N–H and O–H groups in total. The molecule has 0 bridgehead atoms. The average Bonchev–Trinajstić information content (AvgIpc) is 2.50. The molecule has 0 aliphatic heterocycles. The van der Waals surface area contributed by atoms with E-state index in [1.807, 2.05) is 19.9 Å². The molecular weight excluding hydrogens is 256 g/mol. The Kier molecular flexibility index (Phi) is 6.24. The van der Waals surface area contributed by atoms with Gasteiger partial charge >= 0.3 is 5.97 Å². The van der Waals surface area contributed by atoms with Crippen molar-refractivity contribution in [2.24, 2.45) is 5.92 Å². The Balaban J connectivity index is 2.77. The summed E-state index contributed by atoms with van der Waals surface area (Å²) in [6.07, 6.45) is 0.710. The SMILES string of the molecule is CC[C@H](C)[C@H](NC(=O)c1ccccc1)C(=O)OCC#N. The summed E-state index contributed by atoms with van der Waals surface area (Å²) in [7, 11) is 0. The quantitative estimate of drug-likeness (QED) is 0.803. The summed E-state index contributed by atoms with van der Waals surface area (Å²) < 4.78 is 4.80. The minimum Gasteiger partial charge on any atom is -0.449 e. The van der Waals surface area contributed by atoms with Gasteiger partial charge in [0.1, 0.15) is 12.1 Å². The second-order valence-electron chi connectivity index (χ2n) is 4.47. The van der Waals surface area contributed by atoms with E-state index in [-0.39, 0.29) is 18.4 Å². The fourth-order valence-electron chi connectivity index (χ4n) is 1.68. The van der Waals surface area contributed by atoms with Gasteiger partial charge in [-0.1, -0.05) is 38.5 Å². The molecule has 20 heavy (non-hydrogen) atoms. The lowest BCUT2D eigenvalue weighted by Gasteiger charge is -2.22. The molecule has 0 fully saturated rings. The van der Waals surface area contributed by atoms with Crippen molar-refractivity contribution in [2.75, 3.05) is 6.61 Å². The molecule has 0 spiro atoms. The molecule has 5 nitrogen and oxygen atoms in total. The zero-order chi connectivity index (χ0) is 15.0. The predicted molar refractivity (Wildman–Crippen MR) is 73.7 cm³/mol. The lowest BCUT2D eigenvalue weighted by atomic mass is 9.99. The highest BCUT2D eigenvalue weighted by Gasteiger charge is 2.27. The van der Waals surface area contributed by atoms with Crippen LogP contribution >= 0.6 is 0 Å². The van der Waals surface area contributed by atoms with Gasteiger partial charge < -0.3 is 10.1 Å². The van der Waals surface area contributed by atoms with E-state index in [1.54, 1.807) is 30.3 Å². The van der Waals surface area contributed by atoms with Crippen LogP contribution in [-0.4, -0.2) is 24.5 Å². The summed E-state index contributed by atoms with van der Waals surface area (Å²) in [6.45, 7) is 3.46. The van der Waals surface area contributed by atoms with E-state index >= 15 is 0 Å². The van der Waals surface area contributed by atoms with Crippen LogP contribution in [-0.2, 0) is 9.53 Å². The number of nitriles is 1. The number of hydrogen-bond acceptors (Lipinski definition) is 4. The highest BCUT2D eigenvalue weighted by molar-refractivity contribution is 5.96. The summed E-state index contributed by atoms with van der Waals surface area (Å²) >= 11 is 0. The summed E-state index contributed by atoms with van der Waals surface area (Å²) in [6, 6.07) is 9.64. The van der Waals surface area contributed by atoms with Gasteiger partial charge in [-0.15, -0.1) is 0 Å². The maximum absolute atomic E-state index is 12.1. The van der Waals surface area contributed by atoms with Crippen molar-refractivity contribution in [3.05, 3.63) is 35.9 Å². The van der Waals surface area contributed by atoms with Crippen LogP contribution in [0.4, 0.5) is 0 Å². The van der Waals surface area contributed by atoms with Crippen LogP contribution in [0.2, 0.25) is 0 Å². The summed E-state index contributed by atoms with van der Waals surface area (Å²) in [5.41, 5.74) is 0.480. The minimum atomic E-state index is -0.749. The molecule has 0 saturated carbocycles. The first-order chi connectivity index (χ1) is 9.60. The minimum absolute atomic E-state index is 0.0751. The van der Waals surface area contributed by atoms with Crippen molar-refractivity contribution in [2.45, 2.75) is 26.3 Å². The number of nitrogens with zero attached hydrogens (tertiary/aromatic N) is 1. The normalized spacial score (nSPS) is 12.8. The Labute approximate surface area is 118 Å². The van der Waals surface area contributed by atoms with Gasteiger partial charge in [0, 0.05) is 5.56 Å². The average molecular weight is 274 g/mol. The molecule has 0 aromatic heterocycles. The molecule has 1 aromatic carbocycles. The Bertz CT molecular complexity index is 494. The first kappa shape index (κ1) is 15.7. The third-order valence-electron chi connectivity index (χ3n) is 3.07. The van der Waals surface area contributed by atoms with E-state index in [1.165, 1.54) is 0 Å². The molecule has 0 radical (unpaired) electrons. The number of amides is 1. The lowest BCUT2D eigenvalue weighted by Crippen LogP contribution is -2.46. The van der Waals surface area contributed by atoms with E-state index in [0.717, 1.165) is 0 Å². The van der Waals surface area contributed by atoms with Crippen LogP contribution in [0.5, 0.6) is 0 Å². The van der Waals surface area contributed by atoms with Gasteiger partial charge in [-0.2, -0.15) is 5.26 Å². The van der Waals surface area contributed by atoms with Crippen molar-refractivity contribution < 1.29 is 14.3 Å². The molecule has 1 rings (SSSR count). The second-order valence-corrected chi connectivity index (χ2v) is 4.47.